The molecule has 0 bridgehead atoms. The molecular weight excluding hydrogens is 380 g/mol. The molecule has 0 saturated carbocycles. The third kappa shape index (κ3) is 2.99. The number of halogens is 1. The molecule has 6 heteroatoms. The van der Waals surface area contributed by atoms with Crippen molar-refractivity contribution in [1.82, 2.24) is 5.32 Å². The first kappa shape index (κ1) is 15.4. The highest BCUT2D eigenvalue weighted by Crippen LogP contribution is 2.27. The van der Waals surface area contributed by atoms with Gasteiger partial charge in [0, 0.05) is 14.7 Å². The molecule has 0 spiro atoms. The van der Waals surface area contributed by atoms with Crippen LogP contribution in [-0.4, -0.2) is 11.0 Å². The van der Waals surface area contributed by atoms with Crippen LogP contribution in [0.15, 0.2) is 39.8 Å². The Hall–Kier alpha value is -1.50. The van der Waals surface area contributed by atoms with Crippen molar-refractivity contribution in [1.29, 1.82) is 0 Å². The van der Waals surface area contributed by atoms with Crippen LogP contribution in [0.3, 0.4) is 0 Å². The van der Waals surface area contributed by atoms with Crippen molar-refractivity contribution >= 4 is 62.3 Å². The number of benzene rings is 1. The molecule has 1 fully saturated rings. The summed E-state index contributed by atoms with van der Waals surface area (Å²) in [4.78, 5) is 15.2. The molecule has 22 heavy (non-hydrogen) atoms. The van der Waals surface area contributed by atoms with Gasteiger partial charge in [-0.3, -0.25) is 9.69 Å². The molecule has 0 radical (unpaired) electrons. The molecule has 1 aliphatic heterocycles. The van der Waals surface area contributed by atoms with Crippen molar-refractivity contribution < 1.29 is 4.79 Å². The number of carbonyl (C=O) groups excluding carboxylic acids is 1. The summed E-state index contributed by atoms with van der Waals surface area (Å²) in [6.45, 7) is 4.01. The number of hydrogen-bond donors (Lipinski definition) is 1. The third-order valence-corrected chi connectivity index (χ3v) is 5.14. The fourth-order valence-corrected chi connectivity index (χ4v) is 4.07. The maximum atomic E-state index is 12.7. The van der Waals surface area contributed by atoms with Gasteiger partial charge >= 0.3 is 0 Å². The van der Waals surface area contributed by atoms with Crippen molar-refractivity contribution in [3.05, 3.63) is 55.8 Å². The summed E-state index contributed by atoms with van der Waals surface area (Å²) in [5.74, 6) is -0.125. The van der Waals surface area contributed by atoms with Crippen LogP contribution < -0.4 is 10.2 Å². The number of amides is 1. The van der Waals surface area contributed by atoms with E-state index >= 15 is 0 Å². The van der Waals surface area contributed by atoms with E-state index in [1.165, 1.54) is 0 Å². The standard InChI is InChI=1S/C16H13BrN2OS2/c1-9-3-10(2)5-12(4-9)19-15(20)14(18-16(19)21)7-13-6-11(17)8-22-13/h3-8H,1-2H3,(H,18,21)/b14-7+. The summed E-state index contributed by atoms with van der Waals surface area (Å²) in [5, 5.41) is 5.40. The second-order valence-corrected chi connectivity index (χ2v) is 7.39. The van der Waals surface area contributed by atoms with E-state index in [0.29, 0.717) is 10.8 Å². The fourth-order valence-electron chi connectivity index (χ4n) is 2.40. The third-order valence-electron chi connectivity index (χ3n) is 3.22. The number of hydrogen-bond acceptors (Lipinski definition) is 3. The largest absolute Gasteiger partial charge is 0.327 e. The van der Waals surface area contributed by atoms with Crippen LogP contribution in [0.5, 0.6) is 0 Å². The molecule has 1 amide bonds. The smallest absolute Gasteiger partial charge is 0.281 e. The van der Waals surface area contributed by atoms with Gasteiger partial charge in [0.15, 0.2) is 5.11 Å². The first-order valence-corrected chi connectivity index (χ1v) is 8.71. The lowest BCUT2D eigenvalue weighted by molar-refractivity contribution is -0.113. The number of aryl methyl sites for hydroxylation is 2. The van der Waals surface area contributed by atoms with Gasteiger partial charge in [0.05, 0.1) is 5.69 Å². The van der Waals surface area contributed by atoms with E-state index < -0.39 is 0 Å². The summed E-state index contributed by atoms with van der Waals surface area (Å²) < 4.78 is 1.00. The average Bonchev–Trinajstić information content (AvgIpc) is 2.93. The molecule has 2 aromatic rings. The molecule has 1 saturated heterocycles. The Morgan fingerprint density at radius 1 is 1.23 bits per heavy atom. The highest BCUT2D eigenvalue weighted by atomic mass is 79.9. The zero-order valence-corrected chi connectivity index (χ0v) is 15.2. The molecule has 0 unspecified atom stereocenters. The molecule has 1 aliphatic rings. The Morgan fingerprint density at radius 3 is 2.50 bits per heavy atom. The van der Waals surface area contributed by atoms with Gasteiger partial charge in [-0.15, -0.1) is 11.3 Å². The average molecular weight is 393 g/mol. The molecule has 3 nitrogen and oxygen atoms in total. The molecule has 0 aliphatic carbocycles. The van der Waals surface area contributed by atoms with Gasteiger partial charge in [-0.1, -0.05) is 6.07 Å². The van der Waals surface area contributed by atoms with Crippen molar-refractivity contribution in [2.75, 3.05) is 4.90 Å². The highest BCUT2D eigenvalue weighted by molar-refractivity contribution is 9.10. The lowest BCUT2D eigenvalue weighted by Crippen LogP contribution is -2.30. The van der Waals surface area contributed by atoms with E-state index in [-0.39, 0.29) is 5.91 Å². The topological polar surface area (TPSA) is 32.3 Å². The summed E-state index contributed by atoms with van der Waals surface area (Å²) in [6.07, 6.45) is 1.83. The molecule has 3 rings (SSSR count). The van der Waals surface area contributed by atoms with Crippen molar-refractivity contribution in [2.24, 2.45) is 0 Å². The van der Waals surface area contributed by atoms with Crippen molar-refractivity contribution in [3.8, 4) is 0 Å². The normalized spacial score (nSPS) is 16.5. The maximum absolute atomic E-state index is 12.7. The second kappa shape index (κ2) is 5.95. The van der Waals surface area contributed by atoms with Crippen molar-refractivity contribution in [3.63, 3.8) is 0 Å². The van der Waals surface area contributed by atoms with Crippen molar-refractivity contribution in [2.45, 2.75) is 13.8 Å². The summed E-state index contributed by atoms with van der Waals surface area (Å²) in [5.41, 5.74) is 3.50. The van der Waals surface area contributed by atoms with Crippen LogP contribution >= 0.6 is 39.5 Å². The number of carbonyl (C=O) groups is 1. The Morgan fingerprint density at radius 2 is 1.91 bits per heavy atom. The van der Waals surface area contributed by atoms with Gasteiger partial charge in [0.25, 0.3) is 5.91 Å². The van der Waals surface area contributed by atoms with Crippen LogP contribution in [0.2, 0.25) is 0 Å². The number of nitrogens with zero attached hydrogens (tertiary/aromatic N) is 1. The minimum absolute atomic E-state index is 0.125. The van der Waals surface area contributed by atoms with Crippen LogP contribution in [0, 0.1) is 13.8 Å². The second-order valence-electron chi connectivity index (χ2n) is 5.14. The van der Waals surface area contributed by atoms with E-state index in [1.807, 2.05) is 43.5 Å². The lowest BCUT2D eigenvalue weighted by Gasteiger charge is -2.15. The van der Waals surface area contributed by atoms with E-state index in [4.69, 9.17) is 12.2 Å². The maximum Gasteiger partial charge on any atom is 0.281 e. The Labute approximate surface area is 146 Å². The van der Waals surface area contributed by atoms with Crippen LogP contribution in [0.25, 0.3) is 6.08 Å². The van der Waals surface area contributed by atoms with Gasteiger partial charge < -0.3 is 5.32 Å². The zero-order valence-electron chi connectivity index (χ0n) is 12.0. The Balaban J connectivity index is 1.96. The van der Waals surface area contributed by atoms with Gasteiger partial charge in [-0.25, -0.2) is 0 Å². The SMILES string of the molecule is Cc1cc(C)cc(N2C(=O)/C(=C\c3cc(Br)cs3)NC2=S)c1. The quantitative estimate of drug-likeness (QED) is 0.607. The van der Waals surface area contributed by atoms with E-state index in [9.17, 15) is 4.79 Å². The van der Waals surface area contributed by atoms with E-state index in [2.05, 4.69) is 27.3 Å². The van der Waals surface area contributed by atoms with Crippen LogP contribution in [0.1, 0.15) is 16.0 Å². The monoisotopic (exact) mass is 392 g/mol. The lowest BCUT2D eigenvalue weighted by atomic mass is 10.1. The summed E-state index contributed by atoms with van der Waals surface area (Å²) in [7, 11) is 0. The Kier molecular flexibility index (Phi) is 4.16. The predicted molar refractivity (Wildman–Crippen MR) is 99.1 cm³/mol. The number of rotatable bonds is 2. The minimum Gasteiger partial charge on any atom is -0.327 e. The van der Waals surface area contributed by atoms with Gasteiger partial charge in [0.1, 0.15) is 5.70 Å². The first-order chi connectivity index (χ1) is 10.4. The van der Waals surface area contributed by atoms with Gasteiger partial charge in [0.2, 0.25) is 0 Å². The van der Waals surface area contributed by atoms with E-state index in [0.717, 1.165) is 26.2 Å². The first-order valence-electron chi connectivity index (χ1n) is 6.63. The molecular formula is C16H13BrN2OS2. The molecule has 2 heterocycles. The number of nitrogens with one attached hydrogen (secondary N) is 1. The summed E-state index contributed by atoms with van der Waals surface area (Å²) >= 11 is 10.3. The molecule has 1 aromatic heterocycles. The number of thiophene rings is 1. The molecule has 1 N–H and O–H groups in total. The van der Waals surface area contributed by atoms with Gasteiger partial charge in [-0.2, -0.15) is 0 Å². The fraction of sp³-hybridized carbons (Fsp3) is 0.125. The number of anilines is 1. The molecule has 112 valence electrons. The van der Waals surface area contributed by atoms with Crippen LogP contribution in [-0.2, 0) is 4.79 Å². The minimum atomic E-state index is -0.125. The highest BCUT2D eigenvalue weighted by Gasteiger charge is 2.32. The molecule has 0 atom stereocenters. The van der Waals surface area contributed by atoms with E-state index in [1.54, 1.807) is 16.2 Å². The predicted octanol–water partition coefficient (Wildman–Crippen LogP) is 4.39. The zero-order chi connectivity index (χ0) is 15.9. The number of thiocarbonyl (C=S) groups is 1. The Bertz CT molecular complexity index is 790. The van der Waals surface area contributed by atoms with Gasteiger partial charge in [-0.05, 0) is 77.4 Å². The summed E-state index contributed by atoms with van der Waals surface area (Å²) in [6, 6.07) is 7.96. The molecule has 1 aromatic carbocycles. The van der Waals surface area contributed by atoms with Crippen LogP contribution in [0.4, 0.5) is 5.69 Å².